The van der Waals surface area contributed by atoms with Crippen LogP contribution in [-0.2, 0) is 11.8 Å². The molecule has 3 heterocycles. The van der Waals surface area contributed by atoms with E-state index in [1.165, 1.54) is 0 Å². The standard InChI is InChI=1S/C25H32N4O4S/c1-28-16-26-14-24(28)34-12-11-29-10-8-17(21(15-29)25(31)32)3-6-23(30)19-7-9-27-22-5-4-18(33-2)13-20(19)22/h4-5,7,9,13-14,16-17,21,23,30H,3,6,8,10-12,15H2,1-2H3,(H,31,32)/t17-,21+,23-/m1/s1. The maximum atomic E-state index is 12.0. The molecule has 0 radical (unpaired) electrons. The lowest BCUT2D eigenvalue weighted by Crippen LogP contribution is -2.44. The molecule has 0 bridgehead atoms. The number of rotatable bonds is 10. The SMILES string of the molecule is COc1ccc2nccc([C@H](O)CC[C@@H]3CCN(CCSc4cncn4C)C[C@@H]3C(=O)O)c2c1. The zero-order chi connectivity index (χ0) is 24.1. The molecule has 3 atom stereocenters. The first-order valence-electron chi connectivity index (χ1n) is 11.6. The second-order valence-electron chi connectivity index (χ2n) is 8.86. The number of benzene rings is 1. The zero-order valence-electron chi connectivity index (χ0n) is 19.6. The first-order chi connectivity index (χ1) is 16.5. The number of piperidine rings is 1. The van der Waals surface area contributed by atoms with Gasteiger partial charge in [-0.25, -0.2) is 4.98 Å². The Hall–Kier alpha value is -2.62. The van der Waals surface area contributed by atoms with Crippen molar-refractivity contribution in [1.29, 1.82) is 0 Å². The number of hydrogen-bond donors (Lipinski definition) is 2. The van der Waals surface area contributed by atoms with E-state index in [1.807, 2.05) is 42.1 Å². The molecule has 1 aliphatic rings. The van der Waals surface area contributed by atoms with Crippen molar-refractivity contribution < 1.29 is 19.7 Å². The van der Waals surface area contributed by atoms with Crippen LogP contribution >= 0.6 is 11.8 Å². The smallest absolute Gasteiger partial charge is 0.308 e. The van der Waals surface area contributed by atoms with Crippen LogP contribution in [0.4, 0.5) is 0 Å². The van der Waals surface area contributed by atoms with Crippen LogP contribution in [0.3, 0.4) is 0 Å². The average Bonchev–Trinajstić information content (AvgIpc) is 3.26. The number of methoxy groups -OCH3 is 1. The minimum absolute atomic E-state index is 0.0516. The number of aliphatic hydroxyl groups is 1. The van der Waals surface area contributed by atoms with Crippen LogP contribution < -0.4 is 4.74 Å². The molecule has 0 aliphatic carbocycles. The van der Waals surface area contributed by atoms with E-state index in [4.69, 9.17) is 4.74 Å². The van der Waals surface area contributed by atoms with E-state index in [9.17, 15) is 15.0 Å². The maximum absolute atomic E-state index is 12.0. The van der Waals surface area contributed by atoms with Crippen molar-refractivity contribution in [3.8, 4) is 5.75 Å². The first kappa shape index (κ1) is 24.5. The summed E-state index contributed by atoms with van der Waals surface area (Å²) in [7, 11) is 3.59. The number of carbonyl (C=O) groups is 1. The maximum Gasteiger partial charge on any atom is 0.308 e. The number of aliphatic carboxylic acids is 1. The molecule has 0 amide bonds. The summed E-state index contributed by atoms with van der Waals surface area (Å²) in [6.07, 6.45) is 6.67. The number of pyridine rings is 1. The van der Waals surface area contributed by atoms with Crippen molar-refractivity contribution in [1.82, 2.24) is 19.4 Å². The van der Waals surface area contributed by atoms with Gasteiger partial charge in [-0.05, 0) is 61.6 Å². The molecule has 1 saturated heterocycles. The Kier molecular flexibility index (Phi) is 8.07. The van der Waals surface area contributed by atoms with Gasteiger partial charge in [-0.2, -0.15) is 0 Å². The Morgan fingerprint density at radius 3 is 2.94 bits per heavy atom. The lowest BCUT2D eigenvalue weighted by atomic mass is 9.81. The monoisotopic (exact) mass is 484 g/mol. The van der Waals surface area contributed by atoms with E-state index >= 15 is 0 Å². The summed E-state index contributed by atoms with van der Waals surface area (Å²) in [6.45, 7) is 2.28. The Labute approximate surface area is 204 Å². The van der Waals surface area contributed by atoms with Gasteiger partial charge in [-0.15, -0.1) is 11.8 Å². The second-order valence-corrected chi connectivity index (χ2v) is 9.98. The Balaban J connectivity index is 1.34. The largest absolute Gasteiger partial charge is 0.497 e. The number of imidazole rings is 1. The fraction of sp³-hybridized carbons (Fsp3) is 0.480. The topological polar surface area (TPSA) is 101 Å². The molecule has 0 spiro atoms. The number of hydrogen-bond acceptors (Lipinski definition) is 7. The molecular weight excluding hydrogens is 452 g/mol. The van der Waals surface area contributed by atoms with E-state index in [0.717, 1.165) is 46.8 Å². The number of aromatic nitrogens is 3. The highest BCUT2D eigenvalue weighted by Crippen LogP contribution is 2.34. The lowest BCUT2D eigenvalue weighted by Gasteiger charge is -2.36. The highest BCUT2D eigenvalue weighted by Gasteiger charge is 2.34. The van der Waals surface area contributed by atoms with Gasteiger partial charge >= 0.3 is 5.97 Å². The third kappa shape index (κ3) is 5.71. The molecule has 9 heteroatoms. The lowest BCUT2D eigenvalue weighted by molar-refractivity contribution is -0.146. The number of carboxylic acids is 1. The third-order valence-corrected chi connectivity index (χ3v) is 7.82. The number of carboxylic acid groups (broad SMARTS) is 1. The second kappa shape index (κ2) is 11.2. The molecule has 4 rings (SSSR count). The van der Waals surface area contributed by atoms with Crippen molar-refractivity contribution >= 4 is 28.6 Å². The summed E-state index contributed by atoms with van der Waals surface area (Å²) < 4.78 is 7.32. The van der Waals surface area contributed by atoms with Crippen molar-refractivity contribution in [2.24, 2.45) is 18.9 Å². The number of ether oxygens (including phenoxy) is 1. The molecule has 1 aliphatic heterocycles. The van der Waals surface area contributed by atoms with Gasteiger partial charge in [0.25, 0.3) is 0 Å². The molecule has 8 nitrogen and oxygen atoms in total. The molecular formula is C25H32N4O4S. The summed E-state index contributed by atoms with van der Waals surface area (Å²) >= 11 is 1.74. The summed E-state index contributed by atoms with van der Waals surface area (Å²) in [5.74, 6) is 0.498. The molecule has 0 saturated carbocycles. The van der Waals surface area contributed by atoms with E-state index in [1.54, 1.807) is 31.4 Å². The van der Waals surface area contributed by atoms with Crippen molar-refractivity contribution in [3.63, 3.8) is 0 Å². The van der Waals surface area contributed by atoms with E-state index in [-0.39, 0.29) is 5.92 Å². The van der Waals surface area contributed by atoms with Gasteiger partial charge in [0.1, 0.15) is 5.75 Å². The Morgan fingerprint density at radius 2 is 2.21 bits per heavy atom. The van der Waals surface area contributed by atoms with Gasteiger partial charge in [-0.3, -0.25) is 9.78 Å². The zero-order valence-corrected chi connectivity index (χ0v) is 20.4. The van der Waals surface area contributed by atoms with E-state index in [2.05, 4.69) is 14.9 Å². The third-order valence-electron chi connectivity index (χ3n) is 6.74. The quantitative estimate of drug-likeness (QED) is 0.421. The van der Waals surface area contributed by atoms with Gasteiger partial charge < -0.3 is 24.4 Å². The Morgan fingerprint density at radius 1 is 1.35 bits per heavy atom. The number of thioether (sulfide) groups is 1. The first-order valence-corrected chi connectivity index (χ1v) is 12.6. The van der Waals surface area contributed by atoms with Crippen LogP contribution in [0.2, 0.25) is 0 Å². The molecule has 182 valence electrons. The van der Waals surface area contributed by atoms with Crippen LogP contribution in [0.15, 0.2) is 48.0 Å². The molecule has 34 heavy (non-hydrogen) atoms. The minimum Gasteiger partial charge on any atom is -0.497 e. The number of aryl methyl sites for hydroxylation is 1. The number of likely N-dealkylation sites (tertiary alicyclic amines) is 1. The predicted octanol–water partition coefficient (Wildman–Crippen LogP) is 3.61. The predicted molar refractivity (Wildman–Crippen MR) is 132 cm³/mol. The van der Waals surface area contributed by atoms with Crippen LogP contribution in [0.1, 0.15) is 30.9 Å². The van der Waals surface area contributed by atoms with E-state index < -0.39 is 18.0 Å². The van der Waals surface area contributed by atoms with Gasteiger partial charge in [-0.1, -0.05) is 0 Å². The summed E-state index contributed by atoms with van der Waals surface area (Å²) in [4.78, 5) is 22.8. The van der Waals surface area contributed by atoms with Crippen molar-refractivity contribution in [2.45, 2.75) is 30.4 Å². The van der Waals surface area contributed by atoms with Crippen molar-refractivity contribution in [2.75, 3.05) is 32.5 Å². The summed E-state index contributed by atoms with van der Waals surface area (Å²) in [5.41, 5.74) is 1.61. The fourth-order valence-corrected chi connectivity index (χ4v) is 5.70. The van der Waals surface area contributed by atoms with Gasteiger partial charge in [0, 0.05) is 37.5 Å². The number of fused-ring (bicyclic) bond motifs is 1. The highest BCUT2D eigenvalue weighted by atomic mass is 32.2. The normalized spacial score (nSPS) is 19.9. The molecule has 3 aromatic rings. The molecule has 2 aromatic heterocycles. The summed E-state index contributed by atoms with van der Waals surface area (Å²) in [6, 6.07) is 7.46. The highest BCUT2D eigenvalue weighted by molar-refractivity contribution is 7.99. The summed E-state index contributed by atoms with van der Waals surface area (Å²) in [5, 5.41) is 22.9. The number of aliphatic hydroxyl groups excluding tert-OH is 1. The van der Waals surface area contributed by atoms with E-state index in [0.29, 0.717) is 25.1 Å². The molecule has 2 N–H and O–H groups in total. The van der Waals surface area contributed by atoms with Gasteiger partial charge in [0.05, 0.1) is 42.2 Å². The van der Waals surface area contributed by atoms with Gasteiger partial charge in [0.15, 0.2) is 0 Å². The Bertz CT molecular complexity index is 1120. The average molecular weight is 485 g/mol. The number of nitrogens with zero attached hydrogens (tertiary/aromatic N) is 4. The van der Waals surface area contributed by atoms with Crippen LogP contribution in [0.25, 0.3) is 10.9 Å². The fourth-order valence-electron chi connectivity index (χ4n) is 4.75. The van der Waals surface area contributed by atoms with Crippen LogP contribution in [0, 0.1) is 11.8 Å². The van der Waals surface area contributed by atoms with Crippen LogP contribution in [-0.4, -0.2) is 68.1 Å². The molecule has 1 fully saturated rings. The van der Waals surface area contributed by atoms with Crippen LogP contribution in [0.5, 0.6) is 5.75 Å². The molecule has 1 aromatic carbocycles. The minimum atomic E-state index is -0.748. The van der Waals surface area contributed by atoms with Gasteiger partial charge in [0.2, 0.25) is 0 Å². The van der Waals surface area contributed by atoms with Crippen molar-refractivity contribution in [3.05, 3.63) is 48.5 Å². The molecule has 0 unspecified atom stereocenters.